The zero-order chi connectivity index (χ0) is 14.0. The summed E-state index contributed by atoms with van der Waals surface area (Å²) in [6.45, 7) is 7.56. The average Bonchev–Trinajstić information content (AvgIpc) is 2.36. The van der Waals surface area contributed by atoms with Crippen molar-refractivity contribution in [3.05, 3.63) is 23.4 Å². The molecule has 2 unspecified atom stereocenters. The molecule has 6 heteroatoms. The first-order chi connectivity index (χ1) is 8.99. The molecule has 0 aromatic carbocycles. The molecule has 2 rings (SSSR count). The molecule has 2 heterocycles. The van der Waals surface area contributed by atoms with Gasteiger partial charge in [0.25, 0.3) is 0 Å². The maximum absolute atomic E-state index is 8.77. The van der Waals surface area contributed by atoms with Gasteiger partial charge in [-0.15, -0.1) is 0 Å². The first-order valence-electron chi connectivity index (χ1n) is 6.36. The molecular weight excluding hydrogens is 244 g/mol. The molecule has 3 N–H and O–H groups in total. The third-order valence-electron chi connectivity index (χ3n) is 3.09. The molecule has 1 fully saturated rings. The van der Waals surface area contributed by atoms with Gasteiger partial charge in [0.1, 0.15) is 5.82 Å². The van der Waals surface area contributed by atoms with E-state index in [9.17, 15) is 0 Å². The predicted molar refractivity (Wildman–Crippen MR) is 73.7 cm³/mol. The highest BCUT2D eigenvalue weighted by Gasteiger charge is 2.23. The van der Waals surface area contributed by atoms with Gasteiger partial charge in [0.05, 0.1) is 12.2 Å². The number of aryl methyl sites for hydroxylation is 1. The van der Waals surface area contributed by atoms with Crippen LogP contribution < -0.4 is 10.6 Å². The summed E-state index contributed by atoms with van der Waals surface area (Å²) in [5.74, 6) is 0.935. The van der Waals surface area contributed by atoms with E-state index in [1.54, 1.807) is 6.07 Å². The van der Waals surface area contributed by atoms with Gasteiger partial charge in [-0.05, 0) is 32.9 Å². The number of nitrogens with two attached hydrogens (primary N) is 1. The largest absolute Gasteiger partial charge is 0.409 e. The lowest BCUT2D eigenvalue weighted by Crippen LogP contribution is -2.46. The Morgan fingerprint density at radius 1 is 1.42 bits per heavy atom. The van der Waals surface area contributed by atoms with Crippen LogP contribution in [0.1, 0.15) is 25.1 Å². The van der Waals surface area contributed by atoms with Crippen LogP contribution in [0.2, 0.25) is 0 Å². The number of amidine groups is 1. The number of anilines is 1. The molecule has 104 valence electrons. The van der Waals surface area contributed by atoms with Crippen LogP contribution in [0, 0.1) is 6.92 Å². The van der Waals surface area contributed by atoms with Crippen molar-refractivity contribution in [2.45, 2.75) is 33.0 Å². The molecule has 1 aromatic heterocycles. The summed E-state index contributed by atoms with van der Waals surface area (Å²) in [6, 6.07) is 3.64. The second-order valence-electron chi connectivity index (χ2n) is 5.00. The molecule has 1 aliphatic rings. The number of rotatable bonds is 2. The van der Waals surface area contributed by atoms with Crippen molar-refractivity contribution in [1.29, 1.82) is 0 Å². The van der Waals surface area contributed by atoms with Gasteiger partial charge in [-0.2, -0.15) is 0 Å². The smallest absolute Gasteiger partial charge is 0.170 e. The SMILES string of the molecule is Cc1cc(/C(N)=N/O)cc(N2CC(C)OC(C)C2)n1. The maximum Gasteiger partial charge on any atom is 0.170 e. The van der Waals surface area contributed by atoms with Crippen molar-refractivity contribution < 1.29 is 9.94 Å². The topological polar surface area (TPSA) is 84.0 Å². The Labute approximate surface area is 112 Å². The number of oxime groups is 1. The van der Waals surface area contributed by atoms with Crippen LogP contribution in [0.4, 0.5) is 5.82 Å². The molecule has 0 spiro atoms. The number of morpholine rings is 1. The molecule has 0 radical (unpaired) electrons. The van der Waals surface area contributed by atoms with Crippen LogP contribution in [0.25, 0.3) is 0 Å². The van der Waals surface area contributed by atoms with E-state index >= 15 is 0 Å². The third-order valence-corrected chi connectivity index (χ3v) is 3.09. The lowest BCUT2D eigenvalue weighted by Gasteiger charge is -2.36. The van der Waals surface area contributed by atoms with Crippen LogP contribution in [0.5, 0.6) is 0 Å². The second kappa shape index (κ2) is 5.44. The molecule has 1 saturated heterocycles. The Balaban J connectivity index is 2.31. The first kappa shape index (κ1) is 13.6. The predicted octanol–water partition coefficient (Wildman–Crippen LogP) is 1.10. The van der Waals surface area contributed by atoms with Gasteiger partial charge < -0.3 is 20.6 Å². The fourth-order valence-electron chi connectivity index (χ4n) is 2.38. The Kier molecular flexibility index (Phi) is 3.90. The summed E-state index contributed by atoms with van der Waals surface area (Å²) in [6.07, 6.45) is 0.330. The number of pyridine rings is 1. The third kappa shape index (κ3) is 3.14. The average molecular weight is 264 g/mol. The van der Waals surface area contributed by atoms with E-state index in [0.29, 0.717) is 5.56 Å². The highest BCUT2D eigenvalue weighted by Crippen LogP contribution is 2.20. The second-order valence-corrected chi connectivity index (χ2v) is 5.00. The number of ether oxygens (including phenoxy) is 1. The lowest BCUT2D eigenvalue weighted by molar-refractivity contribution is -0.00546. The number of nitrogens with zero attached hydrogens (tertiary/aromatic N) is 3. The summed E-state index contributed by atoms with van der Waals surface area (Å²) >= 11 is 0. The van der Waals surface area contributed by atoms with Gasteiger partial charge in [0.15, 0.2) is 5.84 Å². The van der Waals surface area contributed by atoms with E-state index in [0.717, 1.165) is 24.6 Å². The Morgan fingerprint density at radius 3 is 2.63 bits per heavy atom. The molecule has 1 aliphatic heterocycles. The maximum atomic E-state index is 8.77. The van der Waals surface area contributed by atoms with E-state index in [2.05, 4.69) is 15.0 Å². The van der Waals surface area contributed by atoms with E-state index in [-0.39, 0.29) is 18.0 Å². The standard InChI is InChI=1S/C13H20N4O2/c1-8-4-11(13(14)16-18)5-12(15-8)17-6-9(2)19-10(3)7-17/h4-5,9-10,18H,6-7H2,1-3H3,(H2,14,16). The summed E-state index contributed by atoms with van der Waals surface area (Å²) in [5, 5.41) is 11.8. The minimum Gasteiger partial charge on any atom is -0.409 e. The number of hydrogen-bond donors (Lipinski definition) is 2. The molecule has 1 aromatic rings. The van der Waals surface area contributed by atoms with Gasteiger partial charge in [-0.25, -0.2) is 4.98 Å². The summed E-state index contributed by atoms with van der Waals surface area (Å²) in [4.78, 5) is 6.69. The molecule has 6 nitrogen and oxygen atoms in total. The van der Waals surface area contributed by atoms with E-state index < -0.39 is 0 Å². The van der Waals surface area contributed by atoms with Crippen molar-refractivity contribution >= 4 is 11.7 Å². The molecule has 2 atom stereocenters. The summed E-state index contributed by atoms with van der Waals surface area (Å²) < 4.78 is 5.71. The van der Waals surface area contributed by atoms with E-state index in [1.165, 1.54) is 0 Å². The Morgan fingerprint density at radius 2 is 2.05 bits per heavy atom. The highest BCUT2D eigenvalue weighted by atomic mass is 16.5. The zero-order valence-electron chi connectivity index (χ0n) is 11.5. The number of hydrogen-bond acceptors (Lipinski definition) is 5. The molecule has 19 heavy (non-hydrogen) atoms. The summed E-state index contributed by atoms with van der Waals surface area (Å²) in [5.41, 5.74) is 7.16. The number of aromatic nitrogens is 1. The minimum atomic E-state index is 0.0982. The lowest BCUT2D eigenvalue weighted by atomic mass is 10.1. The molecule has 0 saturated carbocycles. The van der Waals surface area contributed by atoms with Gasteiger partial charge in [-0.3, -0.25) is 0 Å². The molecule has 0 bridgehead atoms. The van der Waals surface area contributed by atoms with Crippen molar-refractivity contribution in [2.24, 2.45) is 10.9 Å². The van der Waals surface area contributed by atoms with Gasteiger partial charge in [0, 0.05) is 24.3 Å². The van der Waals surface area contributed by atoms with Gasteiger partial charge >= 0.3 is 0 Å². The molecular formula is C13H20N4O2. The van der Waals surface area contributed by atoms with E-state index in [4.69, 9.17) is 15.7 Å². The van der Waals surface area contributed by atoms with Gasteiger partial charge in [-0.1, -0.05) is 5.16 Å². The van der Waals surface area contributed by atoms with Gasteiger partial charge in [0.2, 0.25) is 0 Å². The normalized spacial score (nSPS) is 24.6. The zero-order valence-corrected chi connectivity index (χ0v) is 11.5. The van der Waals surface area contributed by atoms with Crippen LogP contribution in [0.15, 0.2) is 17.3 Å². The van der Waals surface area contributed by atoms with Crippen molar-refractivity contribution in [3.8, 4) is 0 Å². The fourth-order valence-corrected chi connectivity index (χ4v) is 2.38. The summed E-state index contributed by atoms with van der Waals surface area (Å²) in [7, 11) is 0. The first-order valence-corrected chi connectivity index (χ1v) is 6.36. The van der Waals surface area contributed by atoms with Crippen LogP contribution in [-0.2, 0) is 4.74 Å². The fraction of sp³-hybridized carbons (Fsp3) is 0.538. The van der Waals surface area contributed by atoms with Crippen molar-refractivity contribution in [2.75, 3.05) is 18.0 Å². The molecule has 0 aliphatic carbocycles. The van der Waals surface area contributed by atoms with E-state index in [1.807, 2.05) is 26.8 Å². The van der Waals surface area contributed by atoms with Crippen LogP contribution >= 0.6 is 0 Å². The van der Waals surface area contributed by atoms with Crippen LogP contribution in [0.3, 0.4) is 0 Å². The Hall–Kier alpha value is -1.82. The monoisotopic (exact) mass is 264 g/mol. The molecule has 0 amide bonds. The van der Waals surface area contributed by atoms with Crippen LogP contribution in [-0.4, -0.2) is 41.3 Å². The van der Waals surface area contributed by atoms with Crippen molar-refractivity contribution in [1.82, 2.24) is 4.98 Å². The highest BCUT2D eigenvalue weighted by molar-refractivity contribution is 5.97. The minimum absolute atomic E-state index is 0.0982. The van der Waals surface area contributed by atoms with Crippen molar-refractivity contribution in [3.63, 3.8) is 0 Å². The quantitative estimate of drug-likeness (QED) is 0.361. The Bertz CT molecular complexity index is 480.